The minimum absolute atomic E-state index is 0.602. The summed E-state index contributed by atoms with van der Waals surface area (Å²) in [4.78, 5) is 11.1. The molecule has 2 nitrogen and oxygen atoms in total. The number of benzene rings is 2. The van der Waals surface area contributed by atoms with Gasteiger partial charge in [0.05, 0.1) is 12.2 Å². The van der Waals surface area contributed by atoms with Crippen molar-refractivity contribution in [2.24, 2.45) is 0 Å². The molecule has 0 atom stereocenters. The summed E-state index contributed by atoms with van der Waals surface area (Å²) >= 11 is 0. The quantitative estimate of drug-likeness (QED) is 0.739. The van der Waals surface area contributed by atoms with Gasteiger partial charge in [-0.1, -0.05) is 43.3 Å². The van der Waals surface area contributed by atoms with Gasteiger partial charge in [0.15, 0.2) is 6.29 Å². The van der Waals surface area contributed by atoms with Crippen LogP contribution in [0.4, 0.5) is 0 Å². The molecule has 2 aromatic carbocycles. The van der Waals surface area contributed by atoms with Crippen LogP contribution < -0.4 is 4.74 Å². The van der Waals surface area contributed by atoms with Gasteiger partial charge in [0.2, 0.25) is 0 Å². The maximum Gasteiger partial charge on any atom is 0.153 e. The molecule has 0 saturated carbocycles. The summed E-state index contributed by atoms with van der Waals surface area (Å²) in [6, 6.07) is 15.7. The minimum atomic E-state index is 0.602. The fraction of sp³-hybridized carbons (Fsp3) is 0.188. The molecule has 0 spiro atoms. The van der Waals surface area contributed by atoms with Crippen LogP contribution >= 0.6 is 0 Å². The smallest absolute Gasteiger partial charge is 0.153 e. The van der Waals surface area contributed by atoms with Crippen molar-refractivity contribution in [2.45, 2.75) is 13.3 Å². The van der Waals surface area contributed by atoms with Crippen molar-refractivity contribution >= 4 is 6.29 Å². The van der Waals surface area contributed by atoms with Gasteiger partial charge in [-0.2, -0.15) is 0 Å². The third-order valence-electron chi connectivity index (χ3n) is 2.71. The van der Waals surface area contributed by atoms with Gasteiger partial charge in [-0.05, 0) is 29.7 Å². The second-order valence-corrected chi connectivity index (χ2v) is 4.08. The predicted octanol–water partition coefficient (Wildman–Crippen LogP) is 3.95. The fourth-order valence-electron chi connectivity index (χ4n) is 1.79. The van der Waals surface area contributed by atoms with Gasteiger partial charge in [0.25, 0.3) is 0 Å². The molecule has 2 rings (SSSR count). The van der Waals surface area contributed by atoms with Crippen LogP contribution in [0.15, 0.2) is 48.5 Å². The summed E-state index contributed by atoms with van der Waals surface area (Å²) in [7, 11) is 0. The van der Waals surface area contributed by atoms with E-state index in [1.165, 1.54) is 0 Å². The molecule has 0 unspecified atom stereocenters. The van der Waals surface area contributed by atoms with Crippen LogP contribution in [-0.2, 0) is 0 Å². The normalized spacial score (nSPS) is 10.1. The summed E-state index contributed by atoms with van der Waals surface area (Å²) in [6.07, 6.45) is 1.77. The van der Waals surface area contributed by atoms with Crippen LogP contribution in [0.3, 0.4) is 0 Å². The highest BCUT2D eigenvalue weighted by Crippen LogP contribution is 2.25. The summed E-state index contributed by atoms with van der Waals surface area (Å²) in [5.41, 5.74) is 2.73. The average Bonchev–Trinajstić information content (AvgIpc) is 2.46. The van der Waals surface area contributed by atoms with Gasteiger partial charge in [-0.3, -0.25) is 4.79 Å². The van der Waals surface area contributed by atoms with E-state index in [1.54, 1.807) is 0 Å². The van der Waals surface area contributed by atoms with E-state index in [9.17, 15) is 4.79 Å². The Morgan fingerprint density at radius 1 is 1.06 bits per heavy atom. The lowest BCUT2D eigenvalue weighted by Gasteiger charge is -2.09. The van der Waals surface area contributed by atoms with E-state index in [1.807, 2.05) is 55.5 Å². The Balaban J connectivity index is 2.33. The zero-order valence-corrected chi connectivity index (χ0v) is 10.4. The van der Waals surface area contributed by atoms with E-state index in [-0.39, 0.29) is 0 Å². The van der Waals surface area contributed by atoms with Crippen molar-refractivity contribution in [1.82, 2.24) is 0 Å². The van der Waals surface area contributed by atoms with Gasteiger partial charge in [0, 0.05) is 0 Å². The van der Waals surface area contributed by atoms with Gasteiger partial charge in [-0.25, -0.2) is 0 Å². The van der Waals surface area contributed by atoms with E-state index in [2.05, 4.69) is 0 Å². The van der Waals surface area contributed by atoms with Crippen molar-refractivity contribution < 1.29 is 9.53 Å². The van der Waals surface area contributed by atoms with Crippen molar-refractivity contribution in [2.75, 3.05) is 6.61 Å². The van der Waals surface area contributed by atoms with Gasteiger partial charge in [-0.15, -0.1) is 0 Å². The zero-order chi connectivity index (χ0) is 12.8. The molecule has 0 radical (unpaired) electrons. The molecular formula is C16H16O2. The largest absolute Gasteiger partial charge is 0.493 e. The second kappa shape index (κ2) is 6.01. The molecule has 0 aliphatic rings. The molecule has 2 aromatic rings. The fourth-order valence-corrected chi connectivity index (χ4v) is 1.79. The highest BCUT2D eigenvalue weighted by molar-refractivity contribution is 5.83. The maximum absolute atomic E-state index is 11.1. The van der Waals surface area contributed by atoms with Gasteiger partial charge in [0.1, 0.15) is 5.75 Å². The first-order valence-electron chi connectivity index (χ1n) is 6.12. The van der Waals surface area contributed by atoms with Crippen molar-refractivity contribution in [1.29, 1.82) is 0 Å². The third kappa shape index (κ3) is 2.77. The number of ether oxygens (including phenoxy) is 1. The molecule has 0 heterocycles. The Morgan fingerprint density at radius 2 is 1.83 bits per heavy atom. The maximum atomic E-state index is 11.1. The molecule has 0 fully saturated rings. The molecule has 0 bridgehead atoms. The standard InChI is InChI=1S/C16H16O2/c1-2-10-18-16-9-8-14(11-15(16)12-17)13-6-4-3-5-7-13/h3-9,11-12H,2,10H2,1H3. The first kappa shape index (κ1) is 12.4. The van der Waals surface area contributed by atoms with Crippen molar-refractivity contribution in [3.63, 3.8) is 0 Å². The van der Waals surface area contributed by atoms with E-state index in [4.69, 9.17) is 4.74 Å². The second-order valence-electron chi connectivity index (χ2n) is 4.08. The Morgan fingerprint density at radius 3 is 2.50 bits per heavy atom. The monoisotopic (exact) mass is 240 g/mol. The third-order valence-corrected chi connectivity index (χ3v) is 2.71. The van der Waals surface area contributed by atoms with Crippen LogP contribution in [-0.4, -0.2) is 12.9 Å². The first-order valence-corrected chi connectivity index (χ1v) is 6.12. The minimum Gasteiger partial charge on any atom is -0.493 e. The Hall–Kier alpha value is -2.09. The topological polar surface area (TPSA) is 26.3 Å². The van der Waals surface area contributed by atoms with E-state index < -0.39 is 0 Å². The molecule has 92 valence electrons. The molecule has 18 heavy (non-hydrogen) atoms. The average molecular weight is 240 g/mol. The Bertz CT molecular complexity index is 518. The lowest BCUT2D eigenvalue weighted by molar-refractivity contribution is 0.111. The molecule has 0 aromatic heterocycles. The number of aldehydes is 1. The molecule has 2 heteroatoms. The SMILES string of the molecule is CCCOc1ccc(-c2ccccc2)cc1C=O. The van der Waals surface area contributed by atoms with Gasteiger partial charge < -0.3 is 4.74 Å². The summed E-state index contributed by atoms with van der Waals surface area (Å²) in [6.45, 7) is 2.67. The number of rotatable bonds is 5. The lowest BCUT2D eigenvalue weighted by Crippen LogP contribution is -1.98. The predicted molar refractivity (Wildman–Crippen MR) is 73.1 cm³/mol. The number of carbonyl (C=O) groups excluding carboxylic acids is 1. The lowest BCUT2D eigenvalue weighted by atomic mass is 10.0. The Kier molecular flexibility index (Phi) is 4.13. The van der Waals surface area contributed by atoms with Crippen LogP contribution in [0.1, 0.15) is 23.7 Å². The highest BCUT2D eigenvalue weighted by Gasteiger charge is 2.05. The Labute approximate surface area is 107 Å². The van der Waals surface area contributed by atoms with Crippen molar-refractivity contribution in [3.05, 3.63) is 54.1 Å². The number of carbonyl (C=O) groups is 1. The van der Waals surface area contributed by atoms with Crippen LogP contribution in [0.5, 0.6) is 5.75 Å². The molecule has 0 amide bonds. The number of hydrogen-bond donors (Lipinski definition) is 0. The molecule has 0 N–H and O–H groups in total. The summed E-state index contributed by atoms with van der Waals surface area (Å²) < 4.78 is 5.54. The van der Waals surface area contributed by atoms with Crippen LogP contribution in [0.2, 0.25) is 0 Å². The van der Waals surface area contributed by atoms with E-state index in [0.717, 1.165) is 23.8 Å². The molecule has 0 aliphatic heterocycles. The van der Waals surface area contributed by atoms with Crippen LogP contribution in [0, 0.1) is 0 Å². The van der Waals surface area contributed by atoms with Gasteiger partial charge >= 0.3 is 0 Å². The summed E-state index contributed by atoms with van der Waals surface area (Å²) in [5.74, 6) is 0.659. The molecular weight excluding hydrogens is 224 g/mol. The van der Waals surface area contributed by atoms with Crippen LogP contribution in [0.25, 0.3) is 11.1 Å². The first-order chi connectivity index (χ1) is 8.85. The highest BCUT2D eigenvalue weighted by atomic mass is 16.5. The zero-order valence-electron chi connectivity index (χ0n) is 10.4. The molecule has 0 saturated heterocycles. The number of hydrogen-bond acceptors (Lipinski definition) is 2. The van der Waals surface area contributed by atoms with Crippen molar-refractivity contribution in [3.8, 4) is 16.9 Å². The molecule has 0 aliphatic carbocycles. The summed E-state index contributed by atoms with van der Waals surface area (Å²) in [5, 5.41) is 0. The van der Waals surface area contributed by atoms with E-state index >= 15 is 0 Å². The van der Waals surface area contributed by atoms with E-state index in [0.29, 0.717) is 17.9 Å².